The van der Waals surface area contributed by atoms with Gasteiger partial charge < -0.3 is 9.84 Å². The average Bonchev–Trinajstić information content (AvgIpc) is 2.99. The smallest absolute Gasteiger partial charge is 0.238 e. The van der Waals surface area contributed by atoms with Crippen LogP contribution in [0.4, 0.5) is 0 Å². The van der Waals surface area contributed by atoms with Crippen LogP contribution in [0.5, 0.6) is 5.75 Å². The van der Waals surface area contributed by atoms with Crippen LogP contribution < -0.4 is 21.2 Å². The summed E-state index contributed by atoms with van der Waals surface area (Å²) >= 11 is 0. The summed E-state index contributed by atoms with van der Waals surface area (Å²) in [6, 6.07) is 8.10. The SMILES string of the molecule is CN1C=NC(N)(NCC(O)COc2cccc(CN3CCCCC3)c2)N1. The van der Waals surface area contributed by atoms with Crippen LogP contribution in [-0.2, 0) is 6.54 Å². The maximum absolute atomic E-state index is 10.1. The molecule has 2 atom stereocenters. The third-order valence-electron chi connectivity index (χ3n) is 4.58. The van der Waals surface area contributed by atoms with Gasteiger partial charge in [0.15, 0.2) is 0 Å². The molecular formula is C18H30N6O2. The van der Waals surface area contributed by atoms with Crippen molar-refractivity contribution in [1.82, 2.24) is 20.7 Å². The van der Waals surface area contributed by atoms with Crippen molar-refractivity contribution in [2.24, 2.45) is 10.7 Å². The molecular weight excluding hydrogens is 332 g/mol. The molecule has 0 amide bonds. The second-order valence-corrected chi connectivity index (χ2v) is 7.06. The van der Waals surface area contributed by atoms with E-state index in [4.69, 9.17) is 10.5 Å². The van der Waals surface area contributed by atoms with Gasteiger partial charge in [-0.2, -0.15) is 5.43 Å². The van der Waals surface area contributed by atoms with Gasteiger partial charge in [0.05, 0.1) is 0 Å². The normalized spacial score (nSPS) is 24.8. The van der Waals surface area contributed by atoms with Gasteiger partial charge in [-0.1, -0.05) is 18.6 Å². The fraction of sp³-hybridized carbons (Fsp3) is 0.611. The zero-order valence-corrected chi connectivity index (χ0v) is 15.4. The minimum absolute atomic E-state index is 0.190. The average molecular weight is 362 g/mol. The summed E-state index contributed by atoms with van der Waals surface area (Å²) in [5.74, 6) is -0.304. The van der Waals surface area contributed by atoms with Crippen molar-refractivity contribution in [3.05, 3.63) is 29.8 Å². The molecule has 0 saturated carbocycles. The van der Waals surface area contributed by atoms with Gasteiger partial charge in [-0.3, -0.25) is 21.0 Å². The zero-order valence-electron chi connectivity index (χ0n) is 15.4. The second-order valence-electron chi connectivity index (χ2n) is 7.06. The van der Waals surface area contributed by atoms with Crippen molar-refractivity contribution >= 4 is 6.34 Å². The van der Waals surface area contributed by atoms with Gasteiger partial charge in [0.25, 0.3) is 0 Å². The highest BCUT2D eigenvalue weighted by molar-refractivity contribution is 5.56. The van der Waals surface area contributed by atoms with E-state index in [1.54, 1.807) is 18.4 Å². The van der Waals surface area contributed by atoms with Crippen molar-refractivity contribution in [3.63, 3.8) is 0 Å². The van der Waals surface area contributed by atoms with Crippen LogP contribution in [-0.4, -0.2) is 66.7 Å². The molecule has 2 aliphatic rings. The number of nitrogens with one attached hydrogen (secondary N) is 2. The highest BCUT2D eigenvalue weighted by Crippen LogP contribution is 2.17. The first-order chi connectivity index (χ1) is 12.5. The standard InChI is InChI=1S/C18H30N6O2/c1-23-14-21-18(19,22-23)20-11-16(25)13-26-17-7-5-6-15(10-17)12-24-8-3-2-4-9-24/h5-7,10,14,16,20,22,25H,2-4,8-9,11-13,19H2,1H3. The molecule has 0 spiro atoms. The Kier molecular flexibility index (Phi) is 6.44. The number of nitrogens with two attached hydrogens (primary N) is 1. The van der Waals surface area contributed by atoms with Gasteiger partial charge in [0.2, 0.25) is 5.91 Å². The van der Waals surface area contributed by atoms with Gasteiger partial charge in [-0.05, 0) is 43.6 Å². The number of hydrogen-bond donors (Lipinski definition) is 4. The number of benzene rings is 1. The summed E-state index contributed by atoms with van der Waals surface area (Å²) in [4.78, 5) is 6.59. The van der Waals surface area contributed by atoms with Crippen molar-refractivity contribution in [2.75, 3.05) is 33.3 Å². The summed E-state index contributed by atoms with van der Waals surface area (Å²) in [6.45, 7) is 3.75. The Morgan fingerprint density at radius 2 is 2.19 bits per heavy atom. The first kappa shape index (κ1) is 19.1. The highest BCUT2D eigenvalue weighted by atomic mass is 16.5. The van der Waals surface area contributed by atoms with Crippen LogP contribution in [0.1, 0.15) is 24.8 Å². The molecule has 0 bridgehead atoms. The molecule has 8 heteroatoms. The predicted molar refractivity (Wildman–Crippen MR) is 101 cm³/mol. The van der Waals surface area contributed by atoms with Crippen LogP contribution in [0.15, 0.2) is 29.3 Å². The van der Waals surface area contributed by atoms with Gasteiger partial charge in [-0.15, -0.1) is 0 Å². The molecule has 2 heterocycles. The van der Waals surface area contributed by atoms with E-state index >= 15 is 0 Å². The molecule has 3 rings (SSSR count). The van der Waals surface area contributed by atoms with E-state index in [0.29, 0.717) is 0 Å². The second kappa shape index (κ2) is 8.79. The van der Waals surface area contributed by atoms with E-state index in [9.17, 15) is 5.11 Å². The van der Waals surface area contributed by atoms with Gasteiger partial charge in [0.1, 0.15) is 24.8 Å². The molecule has 1 fully saturated rings. The van der Waals surface area contributed by atoms with E-state index in [1.807, 2.05) is 12.1 Å². The quantitative estimate of drug-likeness (QED) is 0.485. The molecule has 0 aromatic heterocycles. The molecule has 2 aliphatic heterocycles. The largest absolute Gasteiger partial charge is 0.491 e. The number of aliphatic imine (C=N–C) groups is 1. The van der Waals surface area contributed by atoms with Crippen LogP contribution >= 0.6 is 0 Å². The number of piperidine rings is 1. The Bertz CT molecular complexity index is 607. The molecule has 5 N–H and O–H groups in total. The number of rotatable bonds is 8. The van der Waals surface area contributed by atoms with Crippen LogP contribution in [0, 0.1) is 0 Å². The van der Waals surface area contributed by atoms with Crippen LogP contribution in [0.25, 0.3) is 0 Å². The zero-order chi connectivity index (χ0) is 18.4. The van der Waals surface area contributed by atoms with Gasteiger partial charge in [0, 0.05) is 20.1 Å². The maximum atomic E-state index is 10.1. The molecule has 2 unspecified atom stereocenters. The monoisotopic (exact) mass is 362 g/mol. The Labute approximate surface area is 155 Å². The third-order valence-corrected chi connectivity index (χ3v) is 4.58. The minimum Gasteiger partial charge on any atom is -0.491 e. The molecule has 8 nitrogen and oxygen atoms in total. The molecule has 26 heavy (non-hydrogen) atoms. The van der Waals surface area contributed by atoms with E-state index in [2.05, 4.69) is 32.8 Å². The summed E-state index contributed by atoms with van der Waals surface area (Å²) in [5, 5.41) is 14.8. The lowest BCUT2D eigenvalue weighted by Crippen LogP contribution is -2.64. The topological polar surface area (TPSA) is 98.4 Å². The summed E-state index contributed by atoms with van der Waals surface area (Å²) in [6.07, 6.45) is 4.81. The summed E-state index contributed by atoms with van der Waals surface area (Å²) < 4.78 is 5.75. The number of ether oxygens (including phenoxy) is 1. The van der Waals surface area contributed by atoms with E-state index in [1.165, 1.54) is 37.9 Å². The Morgan fingerprint density at radius 1 is 1.38 bits per heavy atom. The lowest BCUT2D eigenvalue weighted by molar-refractivity contribution is 0.0885. The molecule has 1 aromatic carbocycles. The lowest BCUT2D eigenvalue weighted by Gasteiger charge is -2.26. The fourth-order valence-electron chi connectivity index (χ4n) is 3.22. The number of hydrogen-bond acceptors (Lipinski definition) is 8. The molecule has 144 valence electrons. The molecule has 0 aliphatic carbocycles. The molecule has 1 aromatic rings. The van der Waals surface area contributed by atoms with Crippen LogP contribution in [0.2, 0.25) is 0 Å². The Morgan fingerprint density at radius 3 is 2.92 bits per heavy atom. The Balaban J connectivity index is 1.42. The van der Waals surface area contributed by atoms with Crippen LogP contribution in [0.3, 0.4) is 0 Å². The van der Waals surface area contributed by atoms with Crippen molar-refractivity contribution in [2.45, 2.75) is 37.8 Å². The Hall–Kier alpha value is -1.71. The predicted octanol–water partition coefficient (Wildman–Crippen LogP) is 0.0501. The first-order valence-electron chi connectivity index (χ1n) is 9.24. The van der Waals surface area contributed by atoms with Crippen molar-refractivity contribution in [3.8, 4) is 5.75 Å². The summed E-state index contributed by atoms with van der Waals surface area (Å²) in [7, 11) is 1.80. The van der Waals surface area contributed by atoms with E-state index in [-0.39, 0.29) is 13.2 Å². The number of aliphatic hydroxyl groups is 1. The van der Waals surface area contributed by atoms with E-state index < -0.39 is 12.0 Å². The molecule has 0 radical (unpaired) electrons. The molecule has 1 saturated heterocycles. The fourth-order valence-corrected chi connectivity index (χ4v) is 3.22. The lowest BCUT2D eigenvalue weighted by atomic mass is 10.1. The summed E-state index contributed by atoms with van der Waals surface area (Å²) in [5.41, 5.74) is 10.2. The first-order valence-corrected chi connectivity index (χ1v) is 9.24. The van der Waals surface area contributed by atoms with Crippen molar-refractivity contribution < 1.29 is 9.84 Å². The third kappa shape index (κ3) is 5.65. The van der Waals surface area contributed by atoms with Crippen molar-refractivity contribution in [1.29, 1.82) is 0 Å². The number of likely N-dealkylation sites (tertiary alicyclic amines) is 1. The maximum Gasteiger partial charge on any atom is 0.238 e. The minimum atomic E-state index is -1.08. The number of nitrogens with zero attached hydrogens (tertiary/aromatic N) is 3. The van der Waals surface area contributed by atoms with Gasteiger partial charge in [-0.25, -0.2) is 4.99 Å². The highest BCUT2D eigenvalue weighted by Gasteiger charge is 2.28. The number of aliphatic hydroxyl groups excluding tert-OH is 1. The number of hydrazine groups is 1. The van der Waals surface area contributed by atoms with Gasteiger partial charge >= 0.3 is 0 Å². The van der Waals surface area contributed by atoms with E-state index in [0.717, 1.165) is 12.3 Å².